The van der Waals surface area contributed by atoms with Gasteiger partial charge in [-0.25, -0.2) is 9.18 Å². The fraction of sp³-hybridized carbons (Fsp3) is 0.357. The summed E-state index contributed by atoms with van der Waals surface area (Å²) in [5.74, 6) is -0.0186. The number of fused-ring (bicyclic) bond motifs is 1. The normalized spacial score (nSPS) is 17.2. The molecule has 1 atom stereocenters. The SMILES string of the molecule is O=C(Nc1nnc(C(F)(F)F)s1)NC1CCCOc2ccc(F)cc21. The van der Waals surface area contributed by atoms with E-state index in [0.717, 1.165) is 0 Å². The standard InChI is InChI=1S/C14H12F4N4O2S/c15-7-3-4-10-8(6-7)9(2-1-5-24-10)19-12(23)20-13-22-21-11(25-13)14(16,17)18/h3-4,6,9H,1-2,5H2,(H2,19,20,22,23). The van der Waals surface area contributed by atoms with Crippen LogP contribution in [0.3, 0.4) is 0 Å². The van der Waals surface area contributed by atoms with Crippen LogP contribution in [0.25, 0.3) is 0 Å². The summed E-state index contributed by atoms with van der Waals surface area (Å²) in [6.07, 6.45) is -3.50. The van der Waals surface area contributed by atoms with E-state index in [1.807, 2.05) is 0 Å². The van der Waals surface area contributed by atoms with E-state index in [0.29, 0.717) is 30.8 Å². The molecule has 0 fully saturated rings. The second-order valence-electron chi connectivity index (χ2n) is 5.23. The van der Waals surface area contributed by atoms with E-state index < -0.39 is 29.1 Å². The average molecular weight is 376 g/mol. The van der Waals surface area contributed by atoms with Gasteiger partial charge in [-0.15, -0.1) is 10.2 Å². The number of carbonyl (C=O) groups is 1. The molecule has 1 aromatic heterocycles. The number of carbonyl (C=O) groups excluding carboxylic acids is 1. The highest BCUT2D eigenvalue weighted by Crippen LogP contribution is 2.34. The Morgan fingerprint density at radius 2 is 2.12 bits per heavy atom. The third kappa shape index (κ3) is 4.16. The summed E-state index contributed by atoms with van der Waals surface area (Å²) in [6, 6.07) is 2.69. The van der Waals surface area contributed by atoms with E-state index in [9.17, 15) is 22.4 Å². The summed E-state index contributed by atoms with van der Waals surface area (Å²) in [7, 11) is 0. The van der Waals surface area contributed by atoms with Gasteiger partial charge in [0.2, 0.25) is 10.1 Å². The van der Waals surface area contributed by atoms with Crippen LogP contribution in [0, 0.1) is 5.82 Å². The first-order valence-electron chi connectivity index (χ1n) is 7.23. The molecule has 2 heterocycles. The molecule has 0 bridgehead atoms. The first-order valence-corrected chi connectivity index (χ1v) is 8.05. The zero-order valence-corrected chi connectivity index (χ0v) is 13.4. The van der Waals surface area contributed by atoms with Crippen molar-refractivity contribution in [2.75, 3.05) is 11.9 Å². The second-order valence-corrected chi connectivity index (χ2v) is 6.21. The number of urea groups is 1. The number of hydrogen-bond donors (Lipinski definition) is 2. The van der Waals surface area contributed by atoms with Gasteiger partial charge in [-0.1, -0.05) is 11.3 Å². The molecule has 2 N–H and O–H groups in total. The molecule has 0 saturated heterocycles. The third-order valence-corrected chi connectivity index (χ3v) is 4.32. The molecule has 6 nitrogen and oxygen atoms in total. The maximum Gasteiger partial charge on any atom is 0.445 e. The lowest BCUT2D eigenvalue weighted by Crippen LogP contribution is -2.32. The van der Waals surface area contributed by atoms with Gasteiger partial charge < -0.3 is 10.1 Å². The van der Waals surface area contributed by atoms with Gasteiger partial charge in [-0.2, -0.15) is 13.2 Å². The van der Waals surface area contributed by atoms with Crippen molar-refractivity contribution in [3.8, 4) is 5.75 Å². The Hall–Kier alpha value is -2.43. The molecule has 25 heavy (non-hydrogen) atoms. The Bertz CT molecular complexity index is 780. The van der Waals surface area contributed by atoms with Gasteiger partial charge in [0, 0.05) is 5.56 Å². The van der Waals surface area contributed by atoms with Crippen molar-refractivity contribution >= 4 is 22.5 Å². The molecule has 0 saturated carbocycles. The summed E-state index contributed by atoms with van der Waals surface area (Å²) in [6.45, 7) is 0.420. The second kappa shape index (κ2) is 6.82. The van der Waals surface area contributed by atoms with Crippen LogP contribution < -0.4 is 15.4 Å². The van der Waals surface area contributed by atoms with Gasteiger partial charge in [0.15, 0.2) is 0 Å². The lowest BCUT2D eigenvalue weighted by Gasteiger charge is -2.18. The number of benzene rings is 1. The van der Waals surface area contributed by atoms with Gasteiger partial charge in [-0.05, 0) is 31.0 Å². The number of nitrogens with one attached hydrogen (secondary N) is 2. The molecule has 2 aromatic rings. The van der Waals surface area contributed by atoms with E-state index in [-0.39, 0.29) is 16.5 Å². The van der Waals surface area contributed by atoms with Gasteiger partial charge in [0.25, 0.3) is 0 Å². The van der Waals surface area contributed by atoms with Gasteiger partial charge >= 0.3 is 12.2 Å². The van der Waals surface area contributed by atoms with Crippen molar-refractivity contribution in [3.05, 3.63) is 34.6 Å². The van der Waals surface area contributed by atoms with E-state index in [2.05, 4.69) is 20.8 Å². The van der Waals surface area contributed by atoms with Crippen molar-refractivity contribution < 1.29 is 27.1 Å². The molecule has 3 rings (SSSR count). The maximum atomic E-state index is 13.5. The van der Waals surface area contributed by atoms with Gasteiger partial charge in [0.1, 0.15) is 11.6 Å². The predicted octanol–water partition coefficient (Wildman–Crippen LogP) is 3.73. The van der Waals surface area contributed by atoms with Gasteiger partial charge in [0.05, 0.1) is 12.6 Å². The van der Waals surface area contributed by atoms with Crippen LogP contribution in [0.15, 0.2) is 18.2 Å². The molecule has 0 aliphatic carbocycles. The zero-order chi connectivity index (χ0) is 18.0. The summed E-state index contributed by atoms with van der Waals surface area (Å²) < 4.78 is 56.5. The quantitative estimate of drug-likeness (QED) is 0.783. The molecule has 1 aliphatic rings. The Balaban J connectivity index is 1.71. The van der Waals surface area contributed by atoms with E-state index in [1.54, 1.807) is 0 Å². The summed E-state index contributed by atoms with van der Waals surface area (Å²) in [5, 5.41) is 9.64. The monoisotopic (exact) mass is 376 g/mol. The highest BCUT2D eigenvalue weighted by atomic mass is 32.1. The van der Waals surface area contributed by atoms with Crippen LogP contribution in [-0.2, 0) is 6.18 Å². The summed E-state index contributed by atoms with van der Waals surface area (Å²) >= 11 is 0.218. The number of rotatable bonds is 2. The van der Waals surface area contributed by atoms with Crippen molar-refractivity contribution in [2.45, 2.75) is 25.1 Å². The fourth-order valence-corrected chi connectivity index (χ4v) is 2.98. The largest absolute Gasteiger partial charge is 0.493 e. The molecular formula is C14H12F4N4O2S. The average Bonchev–Trinajstić information content (AvgIpc) is 2.91. The smallest absolute Gasteiger partial charge is 0.445 e. The minimum absolute atomic E-state index is 0.218. The van der Waals surface area contributed by atoms with Crippen LogP contribution in [0.4, 0.5) is 27.5 Å². The van der Waals surface area contributed by atoms with Crippen LogP contribution >= 0.6 is 11.3 Å². The Kier molecular flexibility index (Phi) is 4.75. The first-order chi connectivity index (χ1) is 11.8. The van der Waals surface area contributed by atoms with Crippen LogP contribution in [-0.4, -0.2) is 22.8 Å². The lowest BCUT2D eigenvalue weighted by molar-refractivity contribution is -0.138. The number of ether oxygens (including phenoxy) is 1. The molecule has 0 spiro atoms. The number of hydrogen-bond acceptors (Lipinski definition) is 5. The highest BCUT2D eigenvalue weighted by molar-refractivity contribution is 7.15. The predicted molar refractivity (Wildman–Crippen MR) is 80.9 cm³/mol. The Labute approximate surface area is 143 Å². The van der Waals surface area contributed by atoms with Crippen molar-refractivity contribution in [1.82, 2.24) is 15.5 Å². The first kappa shape index (κ1) is 17.4. The fourth-order valence-electron chi connectivity index (χ4n) is 2.38. The molecular weight excluding hydrogens is 364 g/mol. The topological polar surface area (TPSA) is 76.1 Å². The number of nitrogens with zero attached hydrogens (tertiary/aromatic N) is 2. The maximum absolute atomic E-state index is 13.5. The van der Waals surface area contributed by atoms with E-state index in [4.69, 9.17) is 4.74 Å². The van der Waals surface area contributed by atoms with Crippen molar-refractivity contribution in [2.24, 2.45) is 0 Å². The molecule has 2 amide bonds. The molecule has 11 heteroatoms. The molecule has 0 radical (unpaired) electrons. The minimum Gasteiger partial charge on any atom is -0.493 e. The number of amides is 2. The summed E-state index contributed by atoms with van der Waals surface area (Å²) in [4.78, 5) is 12.0. The summed E-state index contributed by atoms with van der Waals surface area (Å²) in [5.41, 5.74) is 0.473. The van der Waals surface area contributed by atoms with E-state index in [1.165, 1.54) is 18.2 Å². The molecule has 1 aromatic carbocycles. The molecule has 134 valence electrons. The van der Waals surface area contributed by atoms with Gasteiger partial charge in [-0.3, -0.25) is 5.32 Å². The van der Waals surface area contributed by atoms with E-state index >= 15 is 0 Å². The van der Waals surface area contributed by atoms with Crippen molar-refractivity contribution in [3.63, 3.8) is 0 Å². The lowest BCUT2D eigenvalue weighted by atomic mass is 10.0. The number of aromatic nitrogens is 2. The van der Waals surface area contributed by atoms with Crippen LogP contribution in [0.2, 0.25) is 0 Å². The Morgan fingerprint density at radius 3 is 2.84 bits per heavy atom. The Morgan fingerprint density at radius 1 is 1.32 bits per heavy atom. The molecule has 1 aliphatic heterocycles. The molecule has 1 unspecified atom stereocenters. The van der Waals surface area contributed by atoms with Crippen LogP contribution in [0.5, 0.6) is 5.75 Å². The van der Waals surface area contributed by atoms with Crippen LogP contribution in [0.1, 0.15) is 29.5 Å². The third-order valence-electron chi connectivity index (χ3n) is 3.44. The minimum atomic E-state index is -4.62. The number of halogens is 4. The zero-order valence-electron chi connectivity index (χ0n) is 12.6. The number of anilines is 1. The highest BCUT2D eigenvalue weighted by Gasteiger charge is 2.36. The number of alkyl halides is 3. The van der Waals surface area contributed by atoms with Crippen molar-refractivity contribution in [1.29, 1.82) is 0 Å².